The minimum atomic E-state index is -0.965. The molecule has 0 saturated carbocycles. The van der Waals surface area contributed by atoms with Crippen LogP contribution in [0.15, 0.2) is 47.3 Å². The van der Waals surface area contributed by atoms with Crippen molar-refractivity contribution in [2.45, 2.75) is 19.3 Å². The van der Waals surface area contributed by atoms with Gasteiger partial charge < -0.3 is 14.8 Å². The predicted octanol–water partition coefficient (Wildman–Crippen LogP) is 2.89. The molecule has 2 N–H and O–H groups in total. The lowest BCUT2D eigenvalue weighted by atomic mass is 9.85. The summed E-state index contributed by atoms with van der Waals surface area (Å²) in [4.78, 5) is 23.0. The Balaban J connectivity index is 2.13. The second-order valence-electron chi connectivity index (χ2n) is 4.97. The number of aliphatic carboxylic acids is 1. The SMILES string of the molecule is CC(C)(C(=O)O)c1ccc(NC(=O)c2ccoc2)cc1. The number of carbonyl (C=O) groups is 2. The third-order valence-corrected chi connectivity index (χ3v) is 3.18. The van der Waals surface area contributed by atoms with Crippen molar-refractivity contribution in [2.24, 2.45) is 0 Å². The summed E-state index contributed by atoms with van der Waals surface area (Å²) in [7, 11) is 0. The third-order valence-electron chi connectivity index (χ3n) is 3.18. The van der Waals surface area contributed by atoms with Crippen molar-refractivity contribution in [1.82, 2.24) is 0 Å². The summed E-state index contributed by atoms with van der Waals surface area (Å²) in [6, 6.07) is 8.31. The van der Waals surface area contributed by atoms with Gasteiger partial charge in [-0.1, -0.05) is 12.1 Å². The highest BCUT2D eigenvalue weighted by Gasteiger charge is 2.29. The number of hydrogen-bond acceptors (Lipinski definition) is 3. The monoisotopic (exact) mass is 273 g/mol. The van der Waals surface area contributed by atoms with Gasteiger partial charge in [-0.3, -0.25) is 9.59 Å². The molecule has 0 aliphatic carbocycles. The molecular weight excluding hydrogens is 258 g/mol. The maximum absolute atomic E-state index is 11.8. The number of furan rings is 1. The lowest BCUT2D eigenvalue weighted by Crippen LogP contribution is -2.28. The number of carboxylic acid groups (broad SMARTS) is 1. The fourth-order valence-electron chi connectivity index (χ4n) is 1.69. The van der Waals surface area contributed by atoms with E-state index in [4.69, 9.17) is 9.52 Å². The van der Waals surface area contributed by atoms with Crippen molar-refractivity contribution in [2.75, 3.05) is 5.32 Å². The summed E-state index contributed by atoms with van der Waals surface area (Å²) in [5.74, 6) is -1.17. The molecule has 0 unspecified atom stereocenters. The van der Waals surface area contributed by atoms with Gasteiger partial charge in [0.05, 0.1) is 17.2 Å². The van der Waals surface area contributed by atoms with Crippen LogP contribution in [0.4, 0.5) is 5.69 Å². The first-order chi connectivity index (χ1) is 9.41. The molecule has 2 rings (SSSR count). The summed E-state index contributed by atoms with van der Waals surface area (Å²) in [5, 5.41) is 11.9. The summed E-state index contributed by atoms with van der Waals surface area (Å²) in [6.07, 6.45) is 2.78. The van der Waals surface area contributed by atoms with Crippen LogP contribution in [0.5, 0.6) is 0 Å². The van der Waals surface area contributed by atoms with Crippen molar-refractivity contribution in [3.8, 4) is 0 Å². The Hall–Kier alpha value is -2.56. The molecule has 5 nitrogen and oxygen atoms in total. The topological polar surface area (TPSA) is 79.5 Å². The summed E-state index contributed by atoms with van der Waals surface area (Å²) < 4.78 is 4.84. The van der Waals surface area contributed by atoms with Crippen molar-refractivity contribution < 1.29 is 19.1 Å². The van der Waals surface area contributed by atoms with Gasteiger partial charge in [0.15, 0.2) is 0 Å². The van der Waals surface area contributed by atoms with Crippen LogP contribution in [-0.2, 0) is 10.2 Å². The highest BCUT2D eigenvalue weighted by Crippen LogP contribution is 2.24. The number of anilines is 1. The normalized spacial score (nSPS) is 11.1. The number of hydrogen-bond donors (Lipinski definition) is 2. The molecule has 5 heteroatoms. The number of rotatable bonds is 4. The van der Waals surface area contributed by atoms with Crippen LogP contribution < -0.4 is 5.32 Å². The third kappa shape index (κ3) is 2.71. The molecule has 1 aromatic carbocycles. The van der Waals surface area contributed by atoms with E-state index in [0.717, 1.165) is 0 Å². The Kier molecular flexibility index (Phi) is 3.61. The van der Waals surface area contributed by atoms with E-state index in [1.807, 2.05) is 0 Å². The summed E-state index contributed by atoms with van der Waals surface area (Å²) in [5.41, 5.74) is 0.736. The van der Waals surface area contributed by atoms with E-state index in [1.54, 1.807) is 44.2 Å². The van der Waals surface area contributed by atoms with Crippen molar-refractivity contribution in [1.29, 1.82) is 0 Å². The van der Waals surface area contributed by atoms with Gasteiger partial charge in [-0.05, 0) is 37.6 Å². The molecule has 0 atom stereocenters. The van der Waals surface area contributed by atoms with E-state index in [2.05, 4.69) is 5.32 Å². The van der Waals surface area contributed by atoms with E-state index in [1.165, 1.54) is 12.5 Å². The molecule has 104 valence electrons. The van der Waals surface area contributed by atoms with E-state index in [-0.39, 0.29) is 5.91 Å². The van der Waals surface area contributed by atoms with Crippen LogP contribution in [0, 0.1) is 0 Å². The van der Waals surface area contributed by atoms with E-state index in [0.29, 0.717) is 16.8 Å². The van der Waals surface area contributed by atoms with Crippen molar-refractivity contribution in [3.63, 3.8) is 0 Å². The van der Waals surface area contributed by atoms with Gasteiger partial charge in [0.25, 0.3) is 5.91 Å². The highest BCUT2D eigenvalue weighted by atomic mass is 16.4. The average molecular weight is 273 g/mol. The van der Waals surface area contributed by atoms with Gasteiger partial charge in [-0.2, -0.15) is 0 Å². The number of carboxylic acids is 1. The number of carbonyl (C=O) groups excluding carboxylic acids is 1. The van der Waals surface area contributed by atoms with Crippen molar-refractivity contribution in [3.05, 3.63) is 54.0 Å². The maximum atomic E-state index is 11.8. The Morgan fingerprint density at radius 1 is 1.15 bits per heavy atom. The molecule has 0 aliphatic heterocycles. The molecule has 20 heavy (non-hydrogen) atoms. The fraction of sp³-hybridized carbons (Fsp3) is 0.200. The maximum Gasteiger partial charge on any atom is 0.313 e. The van der Waals surface area contributed by atoms with Crippen LogP contribution in [0.25, 0.3) is 0 Å². The molecule has 1 heterocycles. The molecule has 0 radical (unpaired) electrons. The molecule has 1 amide bonds. The van der Waals surface area contributed by atoms with Crippen LogP contribution in [0.2, 0.25) is 0 Å². The zero-order valence-electron chi connectivity index (χ0n) is 11.2. The lowest BCUT2D eigenvalue weighted by molar-refractivity contribution is -0.142. The molecule has 0 bridgehead atoms. The van der Waals surface area contributed by atoms with E-state index in [9.17, 15) is 9.59 Å². The van der Waals surface area contributed by atoms with Gasteiger partial charge in [0.2, 0.25) is 0 Å². The number of benzene rings is 1. The molecule has 2 aromatic rings. The average Bonchev–Trinajstić information content (AvgIpc) is 2.93. The lowest BCUT2D eigenvalue weighted by Gasteiger charge is -2.19. The first-order valence-corrected chi connectivity index (χ1v) is 6.09. The Bertz CT molecular complexity index is 612. The van der Waals surface area contributed by atoms with Gasteiger partial charge in [-0.25, -0.2) is 0 Å². The molecule has 0 aliphatic rings. The minimum Gasteiger partial charge on any atom is -0.481 e. The quantitative estimate of drug-likeness (QED) is 0.897. The van der Waals surface area contributed by atoms with Gasteiger partial charge >= 0.3 is 5.97 Å². The van der Waals surface area contributed by atoms with Crippen LogP contribution in [0.1, 0.15) is 29.8 Å². The van der Waals surface area contributed by atoms with Crippen molar-refractivity contribution >= 4 is 17.6 Å². The highest BCUT2D eigenvalue weighted by molar-refractivity contribution is 6.04. The van der Waals surface area contributed by atoms with E-state index >= 15 is 0 Å². The zero-order valence-corrected chi connectivity index (χ0v) is 11.2. The first-order valence-electron chi connectivity index (χ1n) is 6.09. The Morgan fingerprint density at radius 3 is 2.30 bits per heavy atom. The molecular formula is C15H15NO4. The molecule has 1 aromatic heterocycles. The summed E-state index contributed by atoms with van der Waals surface area (Å²) >= 11 is 0. The van der Waals surface area contributed by atoms with Gasteiger partial charge in [0.1, 0.15) is 6.26 Å². The number of nitrogens with one attached hydrogen (secondary N) is 1. The Morgan fingerprint density at radius 2 is 1.80 bits per heavy atom. The second kappa shape index (κ2) is 5.21. The molecule has 0 fully saturated rings. The Labute approximate surface area is 116 Å². The second-order valence-corrected chi connectivity index (χ2v) is 4.97. The minimum absolute atomic E-state index is 0.274. The smallest absolute Gasteiger partial charge is 0.313 e. The van der Waals surface area contributed by atoms with Crippen LogP contribution in [0.3, 0.4) is 0 Å². The standard InChI is InChI=1S/C15H15NO4/c1-15(2,14(18)19)11-3-5-12(6-4-11)16-13(17)10-7-8-20-9-10/h3-9H,1-2H3,(H,16,17)(H,18,19). The van der Waals surface area contributed by atoms with Gasteiger partial charge in [0, 0.05) is 5.69 Å². The number of amides is 1. The molecule has 0 saturated heterocycles. The fourth-order valence-corrected chi connectivity index (χ4v) is 1.69. The largest absolute Gasteiger partial charge is 0.481 e. The predicted molar refractivity (Wildman–Crippen MR) is 73.8 cm³/mol. The van der Waals surface area contributed by atoms with Gasteiger partial charge in [-0.15, -0.1) is 0 Å². The summed E-state index contributed by atoms with van der Waals surface area (Å²) in [6.45, 7) is 3.27. The van der Waals surface area contributed by atoms with Crippen LogP contribution >= 0.6 is 0 Å². The molecule has 0 spiro atoms. The first kappa shape index (κ1) is 13.9. The van der Waals surface area contributed by atoms with E-state index < -0.39 is 11.4 Å². The van der Waals surface area contributed by atoms with Crippen LogP contribution in [-0.4, -0.2) is 17.0 Å². The zero-order chi connectivity index (χ0) is 14.8.